The summed E-state index contributed by atoms with van der Waals surface area (Å²) >= 11 is 0. The van der Waals surface area contributed by atoms with Gasteiger partial charge in [0.15, 0.2) is 5.78 Å². The molecule has 0 radical (unpaired) electrons. The molecular formula is C21H19N3O3. The fraction of sp³-hybridized carbons (Fsp3) is 0.0952. The van der Waals surface area contributed by atoms with Gasteiger partial charge in [-0.2, -0.15) is 5.10 Å². The first kappa shape index (κ1) is 18.1. The molecule has 0 atom stereocenters. The number of ether oxygens (including phenoxy) is 1. The van der Waals surface area contributed by atoms with Crippen LogP contribution in [0.15, 0.2) is 73.1 Å². The molecule has 0 bridgehead atoms. The number of nitrogens with one attached hydrogen (secondary N) is 1. The van der Waals surface area contributed by atoms with E-state index in [-0.39, 0.29) is 18.2 Å². The van der Waals surface area contributed by atoms with Crippen LogP contribution in [-0.2, 0) is 11.3 Å². The lowest BCUT2D eigenvalue weighted by molar-refractivity contribution is -0.116. The van der Waals surface area contributed by atoms with Crippen molar-refractivity contribution in [1.29, 1.82) is 0 Å². The molecule has 0 aliphatic carbocycles. The van der Waals surface area contributed by atoms with Crippen LogP contribution in [0.2, 0.25) is 0 Å². The van der Waals surface area contributed by atoms with Crippen molar-refractivity contribution in [3.05, 3.63) is 84.2 Å². The number of methoxy groups -OCH3 is 1. The number of benzene rings is 2. The average molecular weight is 361 g/mol. The number of hydrogen-bond donors (Lipinski definition) is 1. The van der Waals surface area contributed by atoms with Crippen LogP contribution in [0.1, 0.15) is 15.9 Å². The Morgan fingerprint density at radius 1 is 1.11 bits per heavy atom. The van der Waals surface area contributed by atoms with Crippen LogP contribution in [0.4, 0.5) is 5.69 Å². The van der Waals surface area contributed by atoms with E-state index in [1.807, 2.05) is 24.3 Å². The summed E-state index contributed by atoms with van der Waals surface area (Å²) in [5.41, 5.74) is 2.08. The Hall–Kier alpha value is -3.67. The molecule has 0 aliphatic heterocycles. The highest BCUT2D eigenvalue weighted by Crippen LogP contribution is 2.14. The fourth-order valence-electron chi connectivity index (χ4n) is 2.44. The van der Waals surface area contributed by atoms with Crippen LogP contribution in [0.3, 0.4) is 0 Å². The largest absolute Gasteiger partial charge is 0.497 e. The van der Waals surface area contributed by atoms with Gasteiger partial charge in [-0.25, -0.2) is 0 Å². The summed E-state index contributed by atoms with van der Waals surface area (Å²) in [6.45, 7) is 0.137. The Bertz CT molecular complexity index is 928. The molecule has 6 heteroatoms. The first-order valence-corrected chi connectivity index (χ1v) is 8.38. The number of nitrogens with zero attached hydrogens (tertiary/aromatic N) is 2. The van der Waals surface area contributed by atoms with E-state index in [0.29, 0.717) is 11.3 Å². The number of aromatic nitrogens is 2. The zero-order chi connectivity index (χ0) is 19.1. The number of rotatable bonds is 7. The number of carbonyl (C=O) groups excluding carboxylic acids is 2. The Balaban J connectivity index is 1.57. The van der Waals surface area contributed by atoms with Crippen molar-refractivity contribution in [1.82, 2.24) is 9.78 Å². The van der Waals surface area contributed by atoms with Gasteiger partial charge in [0.25, 0.3) is 0 Å². The first-order chi connectivity index (χ1) is 13.1. The van der Waals surface area contributed by atoms with Crippen molar-refractivity contribution in [3.63, 3.8) is 0 Å². The Labute approximate surface area is 157 Å². The maximum absolute atomic E-state index is 12.3. The van der Waals surface area contributed by atoms with Gasteiger partial charge in [0.05, 0.1) is 7.11 Å². The smallest absolute Gasteiger partial charge is 0.246 e. The molecule has 0 saturated carbocycles. The molecule has 1 aromatic heterocycles. The van der Waals surface area contributed by atoms with Gasteiger partial charge in [0.2, 0.25) is 5.91 Å². The minimum Gasteiger partial charge on any atom is -0.497 e. The van der Waals surface area contributed by atoms with E-state index in [4.69, 9.17) is 4.74 Å². The van der Waals surface area contributed by atoms with Gasteiger partial charge in [-0.05, 0) is 54.1 Å². The van der Waals surface area contributed by atoms with Crippen molar-refractivity contribution in [2.75, 3.05) is 12.4 Å². The van der Waals surface area contributed by atoms with E-state index in [1.165, 1.54) is 10.8 Å². The molecule has 0 spiro atoms. The van der Waals surface area contributed by atoms with E-state index < -0.39 is 0 Å². The lowest BCUT2D eigenvalue weighted by Crippen LogP contribution is -2.18. The predicted octanol–water partition coefficient (Wildman–Crippen LogP) is 3.43. The van der Waals surface area contributed by atoms with Crippen LogP contribution in [0.25, 0.3) is 6.08 Å². The van der Waals surface area contributed by atoms with Gasteiger partial charge < -0.3 is 10.1 Å². The summed E-state index contributed by atoms with van der Waals surface area (Å²) < 4.78 is 6.64. The van der Waals surface area contributed by atoms with Crippen LogP contribution >= 0.6 is 0 Å². The molecule has 136 valence electrons. The quantitative estimate of drug-likeness (QED) is 0.517. The number of allylic oxidation sites excluding steroid dienone is 1. The standard InChI is InChI=1S/C21H19N3O3/c1-27-19-10-3-16(4-11-19)5-12-20(25)17-6-8-18(9-7-17)23-21(26)15-24-14-2-13-22-24/h2-14H,15H2,1H3,(H,23,26)/b12-5+. The molecule has 0 aliphatic rings. The van der Waals surface area contributed by atoms with E-state index in [1.54, 1.807) is 55.9 Å². The molecule has 0 unspecified atom stereocenters. The van der Waals surface area contributed by atoms with Crippen molar-refractivity contribution in [3.8, 4) is 5.75 Å². The average Bonchev–Trinajstić information content (AvgIpc) is 3.20. The molecule has 1 N–H and O–H groups in total. The highest BCUT2D eigenvalue weighted by atomic mass is 16.5. The van der Waals surface area contributed by atoms with Gasteiger partial charge >= 0.3 is 0 Å². The molecule has 27 heavy (non-hydrogen) atoms. The zero-order valence-electron chi connectivity index (χ0n) is 14.8. The topological polar surface area (TPSA) is 73.2 Å². The van der Waals surface area contributed by atoms with Crippen molar-refractivity contribution in [2.24, 2.45) is 0 Å². The summed E-state index contributed by atoms with van der Waals surface area (Å²) in [5.74, 6) is 0.473. The van der Waals surface area contributed by atoms with Crippen LogP contribution in [-0.4, -0.2) is 28.6 Å². The van der Waals surface area contributed by atoms with Crippen molar-refractivity contribution in [2.45, 2.75) is 6.54 Å². The normalized spacial score (nSPS) is 10.7. The molecule has 1 amide bonds. The summed E-state index contributed by atoms with van der Waals surface area (Å²) in [6.07, 6.45) is 6.61. The SMILES string of the molecule is COc1ccc(/C=C/C(=O)c2ccc(NC(=O)Cn3cccn3)cc2)cc1. The third-order valence-electron chi connectivity index (χ3n) is 3.86. The number of carbonyl (C=O) groups is 2. The molecule has 6 nitrogen and oxygen atoms in total. The molecule has 0 fully saturated rings. The van der Waals surface area contributed by atoms with Gasteiger partial charge in [-0.1, -0.05) is 18.2 Å². The molecular weight excluding hydrogens is 342 g/mol. The minimum absolute atomic E-state index is 0.111. The van der Waals surface area contributed by atoms with Crippen molar-refractivity contribution >= 4 is 23.5 Å². The second-order valence-electron chi connectivity index (χ2n) is 5.80. The molecule has 3 rings (SSSR count). The highest BCUT2D eigenvalue weighted by Gasteiger charge is 2.06. The first-order valence-electron chi connectivity index (χ1n) is 8.38. The second-order valence-corrected chi connectivity index (χ2v) is 5.80. The third-order valence-corrected chi connectivity index (χ3v) is 3.86. The number of ketones is 1. The predicted molar refractivity (Wildman–Crippen MR) is 104 cm³/mol. The second kappa shape index (κ2) is 8.62. The Morgan fingerprint density at radius 2 is 1.85 bits per heavy atom. The minimum atomic E-state index is -0.183. The summed E-state index contributed by atoms with van der Waals surface area (Å²) in [5, 5.41) is 6.76. The monoisotopic (exact) mass is 361 g/mol. The van der Waals surface area contributed by atoms with E-state index in [9.17, 15) is 9.59 Å². The summed E-state index contributed by atoms with van der Waals surface area (Å²) in [4.78, 5) is 24.2. The number of amides is 1. The Kier molecular flexibility index (Phi) is 5.79. The maximum atomic E-state index is 12.3. The zero-order valence-corrected chi connectivity index (χ0v) is 14.8. The van der Waals surface area contributed by atoms with Crippen LogP contribution in [0.5, 0.6) is 5.75 Å². The van der Waals surface area contributed by atoms with Gasteiger partial charge in [-0.3, -0.25) is 14.3 Å². The summed E-state index contributed by atoms with van der Waals surface area (Å²) in [6, 6.07) is 16.0. The van der Waals surface area contributed by atoms with E-state index >= 15 is 0 Å². The molecule has 1 heterocycles. The fourth-order valence-corrected chi connectivity index (χ4v) is 2.44. The number of anilines is 1. The molecule has 0 saturated heterocycles. The van der Waals surface area contributed by atoms with E-state index in [2.05, 4.69) is 10.4 Å². The molecule has 2 aromatic carbocycles. The summed E-state index contributed by atoms with van der Waals surface area (Å²) in [7, 11) is 1.61. The maximum Gasteiger partial charge on any atom is 0.246 e. The van der Waals surface area contributed by atoms with Gasteiger partial charge in [-0.15, -0.1) is 0 Å². The highest BCUT2D eigenvalue weighted by molar-refractivity contribution is 6.07. The lowest BCUT2D eigenvalue weighted by Gasteiger charge is -2.06. The Morgan fingerprint density at radius 3 is 2.48 bits per heavy atom. The van der Waals surface area contributed by atoms with Crippen molar-refractivity contribution < 1.29 is 14.3 Å². The van der Waals surface area contributed by atoms with Crippen LogP contribution in [0, 0.1) is 0 Å². The molecule has 3 aromatic rings. The van der Waals surface area contributed by atoms with Gasteiger partial charge in [0.1, 0.15) is 12.3 Å². The third kappa shape index (κ3) is 5.15. The number of hydrogen-bond acceptors (Lipinski definition) is 4. The van der Waals surface area contributed by atoms with Crippen LogP contribution < -0.4 is 10.1 Å². The van der Waals surface area contributed by atoms with Gasteiger partial charge in [0, 0.05) is 23.6 Å². The lowest BCUT2D eigenvalue weighted by atomic mass is 10.1. The van der Waals surface area contributed by atoms with E-state index in [0.717, 1.165) is 11.3 Å².